The average Bonchev–Trinajstić information content (AvgIpc) is 2.56. The molecule has 0 aromatic heterocycles. The van der Waals surface area contributed by atoms with E-state index in [1.165, 1.54) is 51.6 Å². The maximum absolute atomic E-state index is 2.75. The van der Waals surface area contributed by atoms with Gasteiger partial charge >= 0.3 is 0 Å². The van der Waals surface area contributed by atoms with Crippen molar-refractivity contribution in [1.29, 1.82) is 0 Å². The molecule has 0 bridgehead atoms. The van der Waals surface area contributed by atoms with Crippen molar-refractivity contribution in [2.24, 2.45) is 5.92 Å². The summed E-state index contributed by atoms with van der Waals surface area (Å²) in [6.07, 6.45) is 8.82. The van der Waals surface area contributed by atoms with Crippen LogP contribution in [0.5, 0.6) is 0 Å². The van der Waals surface area contributed by atoms with Crippen molar-refractivity contribution >= 4 is 0 Å². The predicted molar refractivity (Wildman–Crippen MR) is 52.2 cm³/mol. The quantitative estimate of drug-likeness (QED) is 0.580. The second-order valence-corrected chi connectivity index (χ2v) is 4.68. The summed E-state index contributed by atoms with van der Waals surface area (Å²) in [5.41, 5.74) is 0. The van der Waals surface area contributed by atoms with E-state index in [0.717, 1.165) is 12.0 Å². The lowest BCUT2D eigenvalue weighted by Gasteiger charge is -2.35. The Morgan fingerprint density at radius 3 is 2.42 bits per heavy atom. The summed E-state index contributed by atoms with van der Waals surface area (Å²) in [6.45, 7) is 5.17. The predicted octanol–water partition coefficient (Wildman–Crippen LogP) is 2.66. The van der Waals surface area contributed by atoms with Gasteiger partial charge in [-0.25, -0.2) is 0 Å². The van der Waals surface area contributed by atoms with Crippen molar-refractivity contribution in [1.82, 2.24) is 4.90 Å². The lowest BCUT2D eigenvalue weighted by molar-refractivity contribution is 0.132. The van der Waals surface area contributed by atoms with Gasteiger partial charge in [0.25, 0.3) is 0 Å². The van der Waals surface area contributed by atoms with E-state index in [-0.39, 0.29) is 0 Å². The Kier molecular flexibility index (Phi) is 2.69. The van der Waals surface area contributed by atoms with Crippen LogP contribution in [0.4, 0.5) is 0 Å². The maximum Gasteiger partial charge on any atom is 0.00953 e. The molecule has 2 fully saturated rings. The molecule has 2 aliphatic rings. The highest BCUT2D eigenvalue weighted by Crippen LogP contribution is 2.27. The van der Waals surface area contributed by atoms with Gasteiger partial charge in [-0.2, -0.15) is 0 Å². The first-order valence-corrected chi connectivity index (χ1v) is 5.60. The molecule has 2 rings (SSSR count). The molecule has 0 unspecified atom stereocenters. The molecule has 0 radical (unpaired) electrons. The molecule has 1 aliphatic carbocycles. The van der Waals surface area contributed by atoms with Crippen molar-refractivity contribution in [2.75, 3.05) is 13.1 Å². The molecule has 0 N–H and O–H groups in total. The second kappa shape index (κ2) is 3.78. The first-order valence-electron chi connectivity index (χ1n) is 5.60. The Hall–Kier alpha value is -0.0400. The van der Waals surface area contributed by atoms with Gasteiger partial charge in [0.2, 0.25) is 0 Å². The lowest BCUT2D eigenvalue weighted by atomic mass is 9.98. The molecule has 12 heavy (non-hydrogen) atoms. The second-order valence-electron chi connectivity index (χ2n) is 4.68. The minimum absolute atomic E-state index is 0.958. The number of likely N-dealkylation sites (tertiary alicyclic amines) is 1. The van der Waals surface area contributed by atoms with Crippen LogP contribution >= 0.6 is 0 Å². The first-order chi connectivity index (χ1) is 5.86. The van der Waals surface area contributed by atoms with E-state index in [9.17, 15) is 0 Å². The van der Waals surface area contributed by atoms with Gasteiger partial charge in [-0.05, 0) is 38.1 Å². The van der Waals surface area contributed by atoms with Crippen molar-refractivity contribution in [2.45, 2.75) is 51.5 Å². The summed E-state index contributed by atoms with van der Waals surface area (Å²) in [5.74, 6) is 0.958. The molecular weight excluding hydrogens is 146 g/mol. The summed E-state index contributed by atoms with van der Waals surface area (Å²) in [5, 5.41) is 0. The highest BCUT2D eigenvalue weighted by Gasteiger charge is 2.25. The van der Waals surface area contributed by atoms with Crippen LogP contribution in [-0.4, -0.2) is 24.0 Å². The highest BCUT2D eigenvalue weighted by molar-refractivity contribution is 4.81. The normalized spacial score (nSPS) is 34.2. The Morgan fingerprint density at radius 1 is 1.00 bits per heavy atom. The summed E-state index contributed by atoms with van der Waals surface area (Å²) < 4.78 is 0. The van der Waals surface area contributed by atoms with Crippen molar-refractivity contribution in [3.05, 3.63) is 0 Å². The molecule has 1 heterocycles. The number of piperidine rings is 1. The minimum atomic E-state index is 0.958. The van der Waals surface area contributed by atoms with Gasteiger partial charge in [0.05, 0.1) is 0 Å². The topological polar surface area (TPSA) is 3.24 Å². The SMILES string of the molecule is C[C@@H]1CCCN(C2CCCC2)C1. The minimum Gasteiger partial charge on any atom is -0.300 e. The van der Waals surface area contributed by atoms with Gasteiger partial charge in [0.1, 0.15) is 0 Å². The molecule has 0 amide bonds. The van der Waals surface area contributed by atoms with Crippen molar-refractivity contribution < 1.29 is 0 Å². The molecule has 1 heteroatoms. The Morgan fingerprint density at radius 2 is 1.75 bits per heavy atom. The van der Waals surface area contributed by atoms with Crippen molar-refractivity contribution in [3.63, 3.8) is 0 Å². The van der Waals surface area contributed by atoms with Crippen LogP contribution in [0.1, 0.15) is 45.4 Å². The van der Waals surface area contributed by atoms with Crippen LogP contribution in [0.25, 0.3) is 0 Å². The van der Waals surface area contributed by atoms with Crippen LogP contribution in [0, 0.1) is 5.92 Å². The van der Waals surface area contributed by atoms with Crippen LogP contribution in [0.3, 0.4) is 0 Å². The van der Waals surface area contributed by atoms with E-state index in [4.69, 9.17) is 0 Å². The fourth-order valence-electron chi connectivity index (χ4n) is 2.83. The van der Waals surface area contributed by atoms with Gasteiger partial charge in [0.15, 0.2) is 0 Å². The number of hydrogen-bond donors (Lipinski definition) is 0. The Bertz CT molecular complexity index is 138. The molecular formula is C11H21N. The number of hydrogen-bond acceptors (Lipinski definition) is 1. The standard InChI is InChI=1S/C11H21N/c1-10-5-4-8-12(9-10)11-6-2-3-7-11/h10-11H,2-9H2,1H3/t10-/m1/s1. The summed E-state index contributed by atoms with van der Waals surface area (Å²) in [6, 6.07) is 0.966. The van der Waals surface area contributed by atoms with E-state index >= 15 is 0 Å². The summed E-state index contributed by atoms with van der Waals surface area (Å²) >= 11 is 0. The van der Waals surface area contributed by atoms with Gasteiger partial charge in [-0.15, -0.1) is 0 Å². The van der Waals surface area contributed by atoms with Gasteiger partial charge < -0.3 is 4.90 Å². The summed E-state index contributed by atoms with van der Waals surface area (Å²) in [7, 11) is 0. The zero-order chi connectivity index (χ0) is 8.39. The molecule has 1 saturated heterocycles. The molecule has 70 valence electrons. The first kappa shape index (κ1) is 8.55. The van der Waals surface area contributed by atoms with Crippen LogP contribution in [0.15, 0.2) is 0 Å². The third kappa shape index (κ3) is 1.82. The Balaban J connectivity index is 1.85. The van der Waals surface area contributed by atoms with Crippen LogP contribution in [0.2, 0.25) is 0 Å². The third-order valence-corrected chi connectivity index (χ3v) is 3.53. The third-order valence-electron chi connectivity index (χ3n) is 3.53. The summed E-state index contributed by atoms with van der Waals surface area (Å²) in [4.78, 5) is 2.75. The fourth-order valence-corrected chi connectivity index (χ4v) is 2.83. The monoisotopic (exact) mass is 167 g/mol. The van der Waals surface area contributed by atoms with E-state index in [1.54, 1.807) is 0 Å². The van der Waals surface area contributed by atoms with Crippen LogP contribution in [-0.2, 0) is 0 Å². The molecule has 1 nitrogen and oxygen atoms in total. The van der Waals surface area contributed by atoms with Crippen molar-refractivity contribution in [3.8, 4) is 0 Å². The van der Waals surface area contributed by atoms with E-state index in [0.29, 0.717) is 0 Å². The molecule has 0 spiro atoms. The smallest absolute Gasteiger partial charge is 0.00953 e. The van der Waals surface area contributed by atoms with Crippen LogP contribution < -0.4 is 0 Å². The number of nitrogens with zero attached hydrogens (tertiary/aromatic N) is 1. The van der Waals surface area contributed by atoms with E-state index < -0.39 is 0 Å². The van der Waals surface area contributed by atoms with Gasteiger partial charge in [-0.1, -0.05) is 19.8 Å². The number of rotatable bonds is 1. The van der Waals surface area contributed by atoms with E-state index in [1.807, 2.05) is 0 Å². The zero-order valence-electron chi connectivity index (χ0n) is 8.26. The molecule has 0 aromatic rings. The van der Waals surface area contributed by atoms with Gasteiger partial charge in [-0.3, -0.25) is 0 Å². The maximum atomic E-state index is 2.75. The van der Waals surface area contributed by atoms with E-state index in [2.05, 4.69) is 11.8 Å². The zero-order valence-corrected chi connectivity index (χ0v) is 8.26. The lowest BCUT2D eigenvalue weighted by Crippen LogP contribution is -2.40. The molecule has 1 aliphatic heterocycles. The molecule has 0 aromatic carbocycles. The highest BCUT2D eigenvalue weighted by atomic mass is 15.2. The Labute approximate surface area is 76.1 Å². The fraction of sp³-hybridized carbons (Fsp3) is 1.00. The largest absolute Gasteiger partial charge is 0.300 e. The molecule has 1 saturated carbocycles. The average molecular weight is 167 g/mol. The molecule has 1 atom stereocenters. The van der Waals surface area contributed by atoms with Gasteiger partial charge in [0, 0.05) is 12.6 Å².